The van der Waals surface area contributed by atoms with Crippen LogP contribution in [-0.4, -0.2) is 4.98 Å². The van der Waals surface area contributed by atoms with E-state index in [1.54, 1.807) is 28.9 Å². The molecule has 0 aliphatic rings. The van der Waals surface area contributed by atoms with Gasteiger partial charge in [0, 0.05) is 34.9 Å². The lowest BCUT2D eigenvalue weighted by Crippen LogP contribution is -2.11. The first-order valence-corrected chi connectivity index (χ1v) is 6.21. The Morgan fingerprint density at radius 2 is 2.33 bits per heavy atom. The van der Waals surface area contributed by atoms with Crippen LogP contribution >= 0.6 is 22.7 Å². The van der Waals surface area contributed by atoms with Gasteiger partial charge in [-0.2, -0.15) is 5.26 Å². The van der Waals surface area contributed by atoms with Gasteiger partial charge in [-0.1, -0.05) is 0 Å². The van der Waals surface area contributed by atoms with E-state index in [4.69, 9.17) is 5.26 Å². The number of nitrogens with zero attached hydrogens (tertiary/aromatic N) is 2. The van der Waals surface area contributed by atoms with Gasteiger partial charge in [0.25, 0.3) is 0 Å². The Morgan fingerprint density at radius 1 is 1.40 bits per heavy atom. The van der Waals surface area contributed by atoms with Crippen molar-refractivity contribution in [1.29, 1.82) is 5.26 Å². The summed E-state index contributed by atoms with van der Waals surface area (Å²) in [5, 5.41) is 16.9. The van der Waals surface area contributed by atoms with Crippen LogP contribution in [0.25, 0.3) is 0 Å². The quantitative estimate of drug-likeness (QED) is 0.885. The summed E-state index contributed by atoms with van der Waals surface area (Å²) in [4.78, 5) is 5.36. The van der Waals surface area contributed by atoms with Gasteiger partial charge in [0.1, 0.15) is 11.1 Å². The van der Waals surface area contributed by atoms with Crippen LogP contribution in [0.3, 0.4) is 0 Å². The molecular formula is C10H9N3S2. The molecule has 76 valence electrons. The van der Waals surface area contributed by atoms with Gasteiger partial charge in [-0.25, -0.2) is 4.98 Å². The molecule has 0 unspecified atom stereocenters. The molecule has 0 aromatic carbocycles. The zero-order valence-corrected chi connectivity index (χ0v) is 9.57. The van der Waals surface area contributed by atoms with Crippen molar-refractivity contribution in [2.45, 2.75) is 13.1 Å². The van der Waals surface area contributed by atoms with Crippen LogP contribution in [0.2, 0.25) is 0 Å². The number of thiazole rings is 1. The molecule has 1 N–H and O–H groups in total. The van der Waals surface area contributed by atoms with Crippen LogP contribution in [0.1, 0.15) is 15.4 Å². The van der Waals surface area contributed by atoms with Crippen molar-refractivity contribution in [1.82, 2.24) is 10.3 Å². The number of aromatic nitrogens is 1. The van der Waals surface area contributed by atoms with E-state index in [0.717, 1.165) is 23.7 Å². The van der Waals surface area contributed by atoms with Crippen LogP contribution in [-0.2, 0) is 13.1 Å². The van der Waals surface area contributed by atoms with Crippen LogP contribution in [0, 0.1) is 11.3 Å². The van der Waals surface area contributed by atoms with Crippen molar-refractivity contribution in [3.8, 4) is 6.07 Å². The molecule has 0 saturated carbocycles. The monoisotopic (exact) mass is 235 g/mol. The molecule has 2 heterocycles. The van der Waals surface area contributed by atoms with Crippen molar-refractivity contribution >= 4 is 22.7 Å². The Bertz CT molecular complexity index is 453. The minimum atomic E-state index is 0.742. The molecule has 3 nitrogen and oxygen atoms in total. The van der Waals surface area contributed by atoms with E-state index in [0.29, 0.717) is 0 Å². The molecule has 0 radical (unpaired) electrons. The third kappa shape index (κ3) is 2.86. The highest BCUT2D eigenvalue weighted by molar-refractivity contribution is 7.10. The molecule has 0 amide bonds. The largest absolute Gasteiger partial charge is 0.306 e. The maximum absolute atomic E-state index is 8.65. The van der Waals surface area contributed by atoms with E-state index in [1.165, 1.54) is 4.88 Å². The van der Waals surface area contributed by atoms with Gasteiger partial charge in [0.05, 0.1) is 5.56 Å². The van der Waals surface area contributed by atoms with Crippen molar-refractivity contribution in [2.75, 3.05) is 0 Å². The average Bonchev–Trinajstić information content (AvgIpc) is 2.88. The summed E-state index contributed by atoms with van der Waals surface area (Å²) in [6, 6.07) is 4.04. The molecule has 0 bridgehead atoms. The van der Waals surface area contributed by atoms with Gasteiger partial charge >= 0.3 is 0 Å². The molecule has 2 aromatic heterocycles. The second-order valence-electron chi connectivity index (χ2n) is 2.94. The third-order valence-electron chi connectivity index (χ3n) is 1.84. The molecule has 2 rings (SSSR count). The zero-order chi connectivity index (χ0) is 10.5. The number of rotatable bonds is 4. The zero-order valence-electron chi connectivity index (χ0n) is 7.93. The summed E-state index contributed by atoms with van der Waals surface area (Å²) >= 11 is 3.25. The Hall–Kier alpha value is -1.22. The lowest BCUT2D eigenvalue weighted by molar-refractivity contribution is 0.697. The molecule has 0 aliphatic carbocycles. The van der Waals surface area contributed by atoms with E-state index in [1.807, 2.05) is 16.8 Å². The molecule has 15 heavy (non-hydrogen) atoms. The van der Waals surface area contributed by atoms with Crippen LogP contribution in [0.15, 0.2) is 23.0 Å². The fourth-order valence-electron chi connectivity index (χ4n) is 1.16. The summed E-state index contributed by atoms with van der Waals surface area (Å²) in [5.74, 6) is 0. The predicted octanol–water partition coefficient (Wildman–Crippen LogP) is 2.37. The van der Waals surface area contributed by atoms with E-state index >= 15 is 0 Å². The van der Waals surface area contributed by atoms with Crippen molar-refractivity contribution < 1.29 is 0 Å². The van der Waals surface area contributed by atoms with E-state index in [9.17, 15) is 0 Å². The summed E-state index contributed by atoms with van der Waals surface area (Å²) < 4.78 is 0. The van der Waals surface area contributed by atoms with Crippen LogP contribution < -0.4 is 5.32 Å². The molecule has 5 heteroatoms. The number of hydrogen-bond acceptors (Lipinski definition) is 5. The van der Waals surface area contributed by atoms with Crippen LogP contribution in [0.5, 0.6) is 0 Å². The summed E-state index contributed by atoms with van der Waals surface area (Å²) in [6.07, 6.45) is 1.81. The highest BCUT2D eigenvalue weighted by Gasteiger charge is 1.99. The highest BCUT2D eigenvalue weighted by atomic mass is 32.1. The molecule has 0 atom stereocenters. The van der Waals surface area contributed by atoms with E-state index in [-0.39, 0.29) is 0 Å². The van der Waals surface area contributed by atoms with Gasteiger partial charge in [0.15, 0.2) is 0 Å². The summed E-state index contributed by atoms with van der Waals surface area (Å²) in [7, 11) is 0. The Kier molecular flexibility index (Phi) is 3.45. The average molecular weight is 235 g/mol. The van der Waals surface area contributed by atoms with Gasteiger partial charge in [0.2, 0.25) is 0 Å². The number of nitriles is 1. The van der Waals surface area contributed by atoms with Crippen molar-refractivity contribution in [3.63, 3.8) is 0 Å². The first-order valence-electron chi connectivity index (χ1n) is 4.45. The Balaban J connectivity index is 1.81. The summed E-state index contributed by atoms with van der Waals surface area (Å²) in [6.45, 7) is 1.59. The van der Waals surface area contributed by atoms with Gasteiger partial charge in [-0.3, -0.25) is 0 Å². The normalized spacial score (nSPS) is 10.1. The first-order chi connectivity index (χ1) is 7.38. The molecule has 2 aromatic rings. The summed E-state index contributed by atoms with van der Waals surface area (Å²) in [5.41, 5.74) is 0.742. The highest BCUT2D eigenvalue weighted by Crippen LogP contribution is 2.13. The third-order valence-corrected chi connectivity index (χ3v) is 3.56. The van der Waals surface area contributed by atoms with Crippen molar-refractivity contribution in [3.05, 3.63) is 38.5 Å². The first kappa shape index (κ1) is 10.3. The lowest BCUT2D eigenvalue weighted by atomic mass is 10.3. The van der Waals surface area contributed by atoms with Crippen LogP contribution in [0.4, 0.5) is 0 Å². The molecule has 0 fully saturated rings. The molecule has 0 aliphatic heterocycles. The molecule has 0 saturated heterocycles. The second-order valence-corrected chi connectivity index (χ2v) is 4.92. The number of thiophene rings is 1. The fraction of sp³-hybridized carbons (Fsp3) is 0.200. The topological polar surface area (TPSA) is 48.7 Å². The Morgan fingerprint density at radius 3 is 3.00 bits per heavy atom. The number of hydrogen-bond donors (Lipinski definition) is 1. The van der Waals surface area contributed by atoms with Gasteiger partial charge in [-0.05, 0) is 6.07 Å². The minimum absolute atomic E-state index is 0.742. The maximum atomic E-state index is 8.65. The Labute approximate surface area is 96.0 Å². The number of nitrogens with one attached hydrogen (secondary N) is 1. The minimum Gasteiger partial charge on any atom is -0.306 e. The van der Waals surface area contributed by atoms with E-state index in [2.05, 4.69) is 16.4 Å². The van der Waals surface area contributed by atoms with Crippen molar-refractivity contribution in [2.24, 2.45) is 0 Å². The lowest BCUT2D eigenvalue weighted by Gasteiger charge is -1.98. The van der Waals surface area contributed by atoms with Gasteiger partial charge in [-0.15, -0.1) is 22.7 Å². The predicted molar refractivity (Wildman–Crippen MR) is 61.7 cm³/mol. The molecular weight excluding hydrogens is 226 g/mol. The standard InChI is InChI=1S/C10H9N3S2/c11-4-8-3-9(15-7-8)5-12-6-10-13-1-2-14-10/h1-3,7,12H,5-6H2. The van der Waals surface area contributed by atoms with Gasteiger partial charge < -0.3 is 5.32 Å². The maximum Gasteiger partial charge on any atom is 0.106 e. The molecule has 0 spiro atoms. The smallest absolute Gasteiger partial charge is 0.106 e. The fourth-order valence-corrected chi connectivity index (χ4v) is 2.53. The second kappa shape index (κ2) is 5.03. The SMILES string of the molecule is N#Cc1csc(CNCc2nccs2)c1. The van der Waals surface area contributed by atoms with E-state index < -0.39 is 0 Å².